The molecule has 0 bridgehead atoms. The van der Waals surface area contributed by atoms with Gasteiger partial charge in [-0.3, -0.25) is 0 Å². The van der Waals surface area contributed by atoms with Crippen LogP contribution >= 0.6 is 63.7 Å². The number of nitrogens with zero attached hydrogens (tertiary/aromatic N) is 3. The fourth-order valence-corrected chi connectivity index (χ4v) is 7.64. The molecule has 38 heavy (non-hydrogen) atoms. The van der Waals surface area contributed by atoms with Crippen LogP contribution in [0.1, 0.15) is 5.56 Å². The molecule has 0 saturated carbocycles. The molecule has 8 nitrogen and oxygen atoms in total. The van der Waals surface area contributed by atoms with E-state index in [1.54, 1.807) is 6.07 Å². The van der Waals surface area contributed by atoms with Gasteiger partial charge in [-0.2, -0.15) is 0 Å². The summed E-state index contributed by atoms with van der Waals surface area (Å²) in [7, 11) is -3.80. The minimum absolute atomic E-state index is 0.00328. The van der Waals surface area contributed by atoms with Gasteiger partial charge in [-0.05, 0) is 125 Å². The topological polar surface area (TPSA) is 126 Å². The Balaban J connectivity index is 0.000000180. The van der Waals surface area contributed by atoms with Crippen molar-refractivity contribution in [2.75, 3.05) is 0 Å². The van der Waals surface area contributed by atoms with Crippen molar-refractivity contribution in [1.29, 1.82) is 0 Å². The molecule has 0 atom stereocenters. The van der Waals surface area contributed by atoms with Crippen LogP contribution in [0.4, 0.5) is 0 Å². The number of phenolic OH excluding ortho intramolecular Hbond substituents is 3. The van der Waals surface area contributed by atoms with Crippen molar-refractivity contribution in [3.63, 3.8) is 0 Å². The summed E-state index contributed by atoms with van der Waals surface area (Å²) in [4.78, 5) is 1.47. The molecule has 0 fully saturated rings. The van der Waals surface area contributed by atoms with Crippen LogP contribution in [0.3, 0.4) is 0 Å². The van der Waals surface area contributed by atoms with Gasteiger partial charge in [0.1, 0.15) is 34.0 Å². The molecule has 0 aliphatic rings. The van der Waals surface area contributed by atoms with E-state index in [9.17, 15) is 23.7 Å². The Hall–Kier alpha value is -2.45. The van der Waals surface area contributed by atoms with E-state index >= 15 is 0 Å². The quantitative estimate of drug-likeness (QED) is 0.174. The second kappa shape index (κ2) is 11.3. The molecule has 13 heteroatoms. The number of aromatic nitrogens is 3. The Labute approximate surface area is 251 Å². The summed E-state index contributed by atoms with van der Waals surface area (Å²) in [6.07, 6.45) is 0. The van der Waals surface area contributed by atoms with Gasteiger partial charge in [-0.15, -0.1) is 15.0 Å². The second-order valence-electron chi connectivity index (χ2n) is 7.94. The second-order valence-corrected chi connectivity index (χ2v) is 13.3. The Bertz CT molecular complexity index is 1650. The van der Waals surface area contributed by atoms with Crippen molar-refractivity contribution in [2.24, 2.45) is 0 Å². The highest BCUT2D eigenvalue weighted by Crippen LogP contribution is 2.39. The van der Waals surface area contributed by atoms with E-state index in [2.05, 4.69) is 73.9 Å². The number of phenols is 3. The smallest absolute Gasteiger partial charge is 0.206 e. The summed E-state index contributed by atoms with van der Waals surface area (Å²) in [5.41, 5.74) is 3.28. The van der Waals surface area contributed by atoms with Gasteiger partial charge in [0.25, 0.3) is 0 Å². The van der Waals surface area contributed by atoms with Crippen LogP contribution in [0, 0.1) is 6.92 Å². The number of sulfone groups is 1. The van der Waals surface area contributed by atoms with Gasteiger partial charge in [-0.1, -0.05) is 18.2 Å². The number of aromatic hydroxyl groups is 3. The molecule has 4 aromatic carbocycles. The van der Waals surface area contributed by atoms with Crippen molar-refractivity contribution in [3.8, 4) is 22.9 Å². The predicted octanol–water partition coefficient (Wildman–Crippen LogP) is 7.42. The molecule has 0 spiro atoms. The lowest BCUT2D eigenvalue weighted by molar-refractivity contribution is 0.467. The van der Waals surface area contributed by atoms with E-state index in [1.807, 2.05) is 43.3 Å². The van der Waals surface area contributed by atoms with E-state index in [4.69, 9.17) is 0 Å². The van der Waals surface area contributed by atoms with Crippen LogP contribution in [0.15, 0.2) is 94.4 Å². The maximum absolute atomic E-state index is 12.6. The molecule has 3 N–H and O–H groups in total. The van der Waals surface area contributed by atoms with Crippen LogP contribution in [0.5, 0.6) is 17.2 Å². The van der Waals surface area contributed by atoms with E-state index in [1.165, 1.54) is 29.1 Å². The van der Waals surface area contributed by atoms with Gasteiger partial charge in [0.15, 0.2) is 0 Å². The Morgan fingerprint density at radius 1 is 0.684 bits per heavy atom. The minimum Gasteiger partial charge on any atom is -0.506 e. The monoisotopic (exact) mass is 787 g/mol. The molecule has 0 saturated heterocycles. The molecule has 0 unspecified atom stereocenters. The highest BCUT2D eigenvalue weighted by atomic mass is 79.9. The van der Waals surface area contributed by atoms with Gasteiger partial charge < -0.3 is 15.3 Å². The summed E-state index contributed by atoms with van der Waals surface area (Å²) in [5.74, 6) is 0.0138. The first-order chi connectivity index (χ1) is 17.9. The first kappa shape index (κ1) is 28.6. The molecule has 0 radical (unpaired) electrons. The maximum atomic E-state index is 12.6. The van der Waals surface area contributed by atoms with Crippen LogP contribution < -0.4 is 0 Å². The first-order valence-corrected chi connectivity index (χ1v) is 15.3. The molecule has 0 amide bonds. The Morgan fingerprint density at radius 2 is 1.11 bits per heavy atom. The lowest BCUT2D eigenvalue weighted by atomic mass is 10.2. The molecular weight excluding hydrogens is 774 g/mol. The summed E-state index contributed by atoms with van der Waals surface area (Å²) in [6.45, 7) is 1.96. The van der Waals surface area contributed by atoms with Crippen molar-refractivity contribution >= 4 is 84.6 Å². The summed E-state index contributed by atoms with van der Waals surface area (Å²) >= 11 is 12.4. The number of benzene rings is 4. The van der Waals surface area contributed by atoms with Crippen LogP contribution in [0.25, 0.3) is 16.7 Å². The third-order valence-electron chi connectivity index (χ3n) is 5.23. The van der Waals surface area contributed by atoms with Crippen molar-refractivity contribution in [3.05, 3.63) is 90.2 Å². The van der Waals surface area contributed by atoms with Crippen LogP contribution in [-0.2, 0) is 9.84 Å². The normalized spacial score (nSPS) is 11.3. The Kier molecular flexibility index (Phi) is 8.52. The Morgan fingerprint density at radius 3 is 1.53 bits per heavy atom. The maximum Gasteiger partial charge on any atom is 0.206 e. The van der Waals surface area contributed by atoms with Crippen LogP contribution in [-0.4, -0.2) is 38.7 Å². The molecule has 5 aromatic rings. The molecule has 1 heterocycles. The number of halogens is 4. The molecule has 1 aromatic heterocycles. The van der Waals surface area contributed by atoms with Crippen molar-refractivity contribution in [1.82, 2.24) is 15.0 Å². The standard InChI is InChI=1S/C13H11N3O.C12H6Br4O4S/c1-9-6-7-13(17)12(8-9)16-14-10-4-2-3-5-11(10)15-16;13-7-1-5(2-8(14)11(7)17)21(19,20)6-3-9(15)12(18)10(16)4-6/h2-8,17H,1H3;1-4,17-18H. The van der Waals surface area contributed by atoms with Gasteiger partial charge in [0.05, 0.1) is 27.7 Å². The lowest BCUT2D eigenvalue weighted by Gasteiger charge is -2.10. The average Bonchev–Trinajstić information content (AvgIpc) is 3.31. The van der Waals surface area contributed by atoms with E-state index < -0.39 is 9.84 Å². The predicted molar refractivity (Wildman–Crippen MR) is 158 cm³/mol. The van der Waals surface area contributed by atoms with Gasteiger partial charge >= 0.3 is 0 Å². The number of rotatable bonds is 3. The zero-order valence-electron chi connectivity index (χ0n) is 19.3. The highest BCUT2D eigenvalue weighted by Gasteiger charge is 2.22. The minimum atomic E-state index is -3.80. The largest absolute Gasteiger partial charge is 0.506 e. The zero-order valence-corrected chi connectivity index (χ0v) is 26.4. The van der Waals surface area contributed by atoms with E-state index in [-0.39, 0.29) is 44.9 Å². The summed E-state index contributed by atoms with van der Waals surface area (Å²) < 4.78 is 26.3. The third-order valence-corrected chi connectivity index (χ3v) is 9.37. The molecular formula is C25H17Br4N3O5S. The number of hydrogen-bond acceptors (Lipinski definition) is 7. The van der Waals surface area contributed by atoms with Gasteiger partial charge in [-0.25, -0.2) is 8.42 Å². The highest BCUT2D eigenvalue weighted by molar-refractivity contribution is 9.11. The van der Waals surface area contributed by atoms with Crippen molar-refractivity contribution in [2.45, 2.75) is 16.7 Å². The SMILES string of the molecule is Cc1ccc(O)c(-n2nc3ccccc3n2)c1.O=S(=O)(c1cc(Br)c(O)c(Br)c1)c1cc(Br)c(O)c(Br)c1. The van der Waals surface area contributed by atoms with Crippen LogP contribution in [0.2, 0.25) is 0 Å². The van der Waals surface area contributed by atoms with E-state index in [0.717, 1.165) is 16.6 Å². The number of fused-ring (bicyclic) bond motifs is 1. The molecule has 0 aliphatic heterocycles. The fraction of sp³-hybridized carbons (Fsp3) is 0.0400. The third kappa shape index (κ3) is 5.91. The fourth-order valence-electron chi connectivity index (χ4n) is 3.29. The molecule has 196 valence electrons. The summed E-state index contributed by atoms with van der Waals surface area (Å²) in [6, 6.07) is 18.2. The summed E-state index contributed by atoms with van der Waals surface area (Å²) in [5, 5.41) is 37.8. The van der Waals surface area contributed by atoms with Gasteiger partial charge in [0.2, 0.25) is 9.84 Å². The van der Waals surface area contributed by atoms with Crippen molar-refractivity contribution < 1.29 is 23.7 Å². The first-order valence-electron chi connectivity index (χ1n) is 10.6. The van der Waals surface area contributed by atoms with E-state index in [0.29, 0.717) is 5.69 Å². The average molecular weight is 791 g/mol. The lowest BCUT2D eigenvalue weighted by Crippen LogP contribution is -2.02. The molecule has 5 rings (SSSR count). The molecule has 0 aliphatic carbocycles. The zero-order chi connectivity index (χ0) is 27.8. The van der Waals surface area contributed by atoms with Gasteiger partial charge in [0, 0.05) is 0 Å². The number of aryl methyl sites for hydroxylation is 1. The number of hydrogen-bond donors (Lipinski definition) is 3.